The van der Waals surface area contributed by atoms with Crippen LogP contribution >= 0.6 is 0 Å². The van der Waals surface area contributed by atoms with Crippen molar-refractivity contribution in [1.82, 2.24) is 0 Å². The van der Waals surface area contributed by atoms with E-state index in [0.29, 0.717) is 13.0 Å². The van der Waals surface area contributed by atoms with Crippen molar-refractivity contribution in [3.63, 3.8) is 0 Å². The number of carbonyl (C=O) groups excluding carboxylic acids is 1. The first-order chi connectivity index (χ1) is 35.6. The van der Waals surface area contributed by atoms with Crippen LogP contribution in [-0.2, 0) is 33.2 Å². The van der Waals surface area contributed by atoms with Crippen LogP contribution in [-0.4, -0.2) is 142 Å². The average molecular weight is 1030 g/mol. The molecule has 0 amide bonds. The molecule has 2 saturated heterocycles. The largest absolute Gasteiger partial charge is 0.457 e. The summed E-state index contributed by atoms with van der Waals surface area (Å²) in [5.74, 6) is -0.395. The van der Waals surface area contributed by atoms with Gasteiger partial charge in [-0.25, -0.2) is 0 Å². The molecule has 0 spiro atoms. The van der Waals surface area contributed by atoms with Crippen molar-refractivity contribution in [3.8, 4) is 0 Å². The molecule has 2 aliphatic heterocycles. The van der Waals surface area contributed by atoms with Crippen molar-refractivity contribution in [1.29, 1.82) is 0 Å². The van der Waals surface area contributed by atoms with E-state index in [1.54, 1.807) is 0 Å². The van der Waals surface area contributed by atoms with Crippen molar-refractivity contribution in [2.45, 2.75) is 248 Å². The van der Waals surface area contributed by atoms with E-state index < -0.39 is 86.7 Å². The molecule has 11 unspecified atom stereocenters. The van der Waals surface area contributed by atoms with E-state index in [1.807, 2.05) is 0 Å². The van der Waals surface area contributed by atoms with Crippen LogP contribution in [0.5, 0.6) is 0 Å². The molecule has 14 nitrogen and oxygen atoms in total. The van der Waals surface area contributed by atoms with Crippen LogP contribution in [0.15, 0.2) is 85.1 Å². The molecule has 420 valence electrons. The number of hydrogen-bond donors (Lipinski definition) is 7. The van der Waals surface area contributed by atoms with Gasteiger partial charge < -0.3 is 64.2 Å². The Bertz CT molecular complexity index is 1530. The van der Waals surface area contributed by atoms with Crippen molar-refractivity contribution in [3.05, 3.63) is 85.1 Å². The standard InChI is InChI=1S/C59H100O14/c1-3-5-7-9-11-13-15-17-18-19-20-21-22-23-24-25-26-27-28-29-31-33-35-37-39-41-43-68-45-48(71-51(61)42-40-38-36-34-32-30-16-14-12-10-8-6-4-2)46-69-58-57(67)55(65)53(63)50(73-58)47-70-59-56(66)54(64)52(62)49(44-60)72-59/h5,7-8,10-11,13-14,16-18,20-21,23-24,48-50,52-60,62-67H,3-4,6,9,12,15,19,22,25-47H2,1-2H3/b7-5-,10-8-,13-11-,16-14-,18-17-,21-20-,24-23-. The molecule has 2 rings (SSSR count). The highest BCUT2D eigenvalue weighted by atomic mass is 16.7. The number of allylic oxidation sites excluding steroid dienone is 14. The van der Waals surface area contributed by atoms with E-state index in [-0.39, 0.29) is 19.6 Å². The first-order valence-electron chi connectivity index (χ1n) is 28.2. The summed E-state index contributed by atoms with van der Waals surface area (Å²) in [6.45, 7) is 3.46. The Balaban J connectivity index is 1.69. The van der Waals surface area contributed by atoms with Crippen LogP contribution < -0.4 is 0 Å². The molecule has 7 N–H and O–H groups in total. The Hall–Kier alpha value is -2.83. The maximum Gasteiger partial charge on any atom is 0.306 e. The zero-order valence-corrected chi connectivity index (χ0v) is 44.8. The number of aliphatic hydroxyl groups is 7. The van der Waals surface area contributed by atoms with Crippen molar-refractivity contribution >= 4 is 5.97 Å². The summed E-state index contributed by atoms with van der Waals surface area (Å²) >= 11 is 0. The van der Waals surface area contributed by atoms with Gasteiger partial charge in [0.2, 0.25) is 0 Å². The molecule has 0 bridgehead atoms. The molecule has 11 atom stereocenters. The Labute approximate surface area is 439 Å². The first kappa shape index (κ1) is 66.3. The lowest BCUT2D eigenvalue weighted by molar-refractivity contribution is -0.332. The molecule has 14 heteroatoms. The normalized spacial score (nSPS) is 25.6. The highest BCUT2D eigenvalue weighted by Gasteiger charge is 2.47. The highest BCUT2D eigenvalue weighted by molar-refractivity contribution is 5.69. The molecule has 0 saturated carbocycles. The van der Waals surface area contributed by atoms with Gasteiger partial charge in [0, 0.05) is 13.0 Å². The molecular formula is C59H100O14. The summed E-state index contributed by atoms with van der Waals surface area (Å²) in [5, 5.41) is 72.2. The smallest absolute Gasteiger partial charge is 0.306 e. The van der Waals surface area contributed by atoms with Gasteiger partial charge in [-0.05, 0) is 83.5 Å². The second kappa shape index (κ2) is 45.4. The van der Waals surface area contributed by atoms with E-state index in [1.165, 1.54) is 44.9 Å². The van der Waals surface area contributed by atoms with Crippen molar-refractivity contribution in [2.24, 2.45) is 0 Å². The van der Waals surface area contributed by atoms with Crippen LogP contribution in [0.2, 0.25) is 0 Å². The lowest BCUT2D eigenvalue weighted by Gasteiger charge is -2.42. The summed E-state index contributed by atoms with van der Waals surface area (Å²) in [6.07, 6.45) is 42.2. The van der Waals surface area contributed by atoms with Gasteiger partial charge in [0.05, 0.1) is 26.4 Å². The zero-order chi connectivity index (χ0) is 53.0. The van der Waals surface area contributed by atoms with Gasteiger partial charge in [-0.2, -0.15) is 0 Å². The second-order valence-electron chi connectivity index (χ2n) is 19.4. The summed E-state index contributed by atoms with van der Waals surface area (Å²) in [5.41, 5.74) is 0. The number of unbranched alkanes of at least 4 members (excludes halogenated alkanes) is 16. The fraction of sp³-hybridized carbons (Fsp3) is 0.746. The van der Waals surface area contributed by atoms with E-state index in [2.05, 4.69) is 98.9 Å². The fourth-order valence-corrected chi connectivity index (χ4v) is 8.35. The van der Waals surface area contributed by atoms with Crippen LogP contribution in [0.1, 0.15) is 181 Å². The van der Waals surface area contributed by atoms with Crippen LogP contribution in [0.25, 0.3) is 0 Å². The third kappa shape index (κ3) is 32.4. The number of aliphatic hydroxyl groups excluding tert-OH is 7. The fourth-order valence-electron chi connectivity index (χ4n) is 8.35. The number of hydrogen-bond acceptors (Lipinski definition) is 14. The molecule has 0 aliphatic carbocycles. The van der Waals surface area contributed by atoms with E-state index in [4.69, 9.17) is 28.4 Å². The average Bonchev–Trinajstić information content (AvgIpc) is 3.39. The summed E-state index contributed by atoms with van der Waals surface area (Å²) in [6, 6.07) is 0. The number of ether oxygens (including phenoxy) is 6. The van der Waals surface area contributed by atoms with E-state index >= 15 is 0 Å². The van der Waals surface area contributed by atoms with Gasteiger partial charge in [-0.15, -0.1) is 0 Å². The second-order valence-corrected chi connectivity index (χ2v) is 19.4. The Morgan fingerprint density at radius 2 is 0.890 bits per heavy atom. The SMILES string of the molecule is CC/C=C\C/C=C\C/C=C\C/C=C\C/C=C\CCCCCCCCCCCCOCC(COC1OC(COC2OC(CO)C(O)C(O)C2O)C(O)C(O)C1O)OC(=O)CCCCCCC/C=C\C/C=C\CCC. The molecular weight excluding hydrogens is 933 g/mol. The van der Waals surface area contributed by atoms with Crippen LogP contribution in [0, 0.1) is 0 Å². The molecule has 2 aliphatic rings. The maximum absolute atomic E-state index is 13.0. The first-order valence-corrected chi connectivity index (χ1v) is 28.2. The molecule has 2 fully saturated rings. The minimum Gasteiger partial charge on any atom is -0.457 e. The van der Waals surface area contributed by atoms with Gasteiger partial charge in [-0.3, -0.25) is 4.79 Å². The van der Waals surface area contributed by atoms with Gasteiger partial charge >= 0.3 is 5.97 Å². The third-order valence-corrected chi connectivity index (χ3v) is 12.9. The monoisotopic (exact) mass is 1030 g/mol. The third-order valence-electron chi connectivity index (χ3n) is 12.9. The Morgan fingerprint density at radius 3 is 1.40 bits per heavy atom. The van der Waals surface area contributed by atoms with Gasteiger partial charge in [-0.1, -0.05) is 176 Å². The lowest BCUT2D eigenvalue weighted by atomic mass is 9.98. The molecule has 0 aromatic carbocycles. The van der Waals surface area contributed by atoms with E-state index in [0.717, 1.165) is 109 Å². The van der Waals surface area contributed by atoms with Crippen molar-refractivity contribution < 1.29 is 69.0 Å². The summed E-state index contributed by atoms with van der Waals surface area (Å²) in [7, 11) is 0. The quantitative estimate of drug-likeness (QED) is 0.0172. The van der Waals surface area contributed by atoms with Crippen LogP contribution in [0.4, 0.5) is 0 Å². The van der Waals surface area contributed by atoms with Gasteiger partial charge in [0.1, 0.15) is 54.9 Å². The van der Waals surface area contributed by atoms with Crippen LogP contribution in [0.3, 0.4) is 0 Å². The number of carbonyl (C=O) groups is 1. The molecule has 0 radical (unpaired) electrons. The predicted octanol–water partition coefficient (Wildman–Crippen LogP) is 9.63. The lowest BCUT2D eigenvalue weighted by Crippen LogP contribution is -2.61. The van der Waals surface area contributed by atoms with Crippen molar-refractivity contribution in [2.75, 3.05) is 33.0 Å². The number of esters is 1. The topological polar surface area (TPSA) is 214 Å². The molecule has 73 heavy (non-hydrogen) atoms. The zero-order valence-electron chi connectivity index (χ0n) is 44.8. The Morgan fingerprint density at radius 1 is 0.466 bits per heavy atom. The number of rotatable bonds is 44. The van der Waals surface area contributed by atoms with Gasteiger partial charge in [0.25, 0.3) is 0 Å². The molecule has 0 aromatic rings. The minimum atomic E-state index is -1.71. The maximum atomic E-state index is 13.0. The molecule has 0 aromatic heterocycles. The minimum absolute atomic E-state index is 0.0480. The molecule has 2 heterocycles. The van der Waals surface area contributed by atoms with E-state index in [9.17, 15) is 40.5 Å². The Kier molecular flexibility index (Phi) is 41.2. The summed E-state index contributed by atoms with van der Waals surface area (Å²) < 4.78 is 34.3. The highest BCUT2D eigenvalue weighted by Crippen LogP contribution is 2.26. The van der Waals surface area contributed by atoms with Gasteiger partial charge in [0.15, 0.2) is 12.6 Å². The summed E-state index contributed by atoms with van der Waals surface area (Å²) in [4.78, 5) is 13.0. The predicted molar refractivity (Wildman–Crippen MR) is 288 cm³/mol.